The Balaban J connectivity index is 1.18. The third-order valence-electron chi connectivity index (χ3n) is 7.87. The standard InChI is InChI=1S/C32H37FN2O4/c1-22-16-26(19-32(36)37)35(21-22)25-8-10-27(11-9-25)39-28-12-14-34(15-13-28)30-20-31(38-2)24(18-29(30)33)17-23-6-4-3-5-7-23/h3-11,18,20,22,26,28H,12-17,19,21H2,1-2H3,(H,36,37)/t22-,26-/m1/s1. The normalized spacial score (nSPS) is 19.8. The molecule has 3 aromatic carbocycles. The predicted molar refractivity (Wildman–Crippen MR) is 152 cm³/mol. The molecule has 2 heterocycles. The highest BCUT2D eigenvalue weighted by Crippen LogP contribution is 2.34. The highest BCUT2D eigenvalue weighted by Gasteiger charge is 2.31. The fourth-order valence-corrected chi connectivity index (χ4v) is 5.96. The van der Waals surface area contributed by atoms with Crippen molar-refractivity contribution in [2.24, 2.45) is 5.92 Å². The summed E-state index contributed by atoms with van der Waals surface area (Å²) in [5.41, 5.74) is 3.56. The van der Waals surface area contributed by atoms with E-state index in [1.54, 1.807) is 13.2 Å². The van der Waals surface area contributed by atoms with E-state index in [1.807, 2.05) is 60.7 Å². The summed E-state index contributed by atoms with van der Waals surface area (Å²) in [7, 11) is 1.63. The number of carbonyl (C=O) groups is 1. The highest BCUT2D eigenvalue weighted by molar-refractivity contribution is 5.69. The number of carboxylic acids is 1. The molecule has 5 rings (SSSR count). The number of nitrogens with zero attached hydrogens (tertiary/aromatic N) is 2. The fraction of sp³-hybridized carbons (Fsp3) is 0.406. The lowest BCUT2D eigenvalue weighted by molar-refractivity contribution is -0.137. The maximum atomic E-state index is 15.2. The van der Waals surface area contributed by atoms with Gasteiger partial charge in [0.25, 0.3) is 0 Å². The molecule has 7 heteroatoms. The van der Waals surface area contributed by atoms with Gasteiger partial charge in [-0.1, -0.05) is 37.3 Å². The average molecular weight is 533 g/mol. The quantitative estimate of drug-likeness (QED) is 0.356. The Morgan fingerprint density at radius 1 is 1.05 bits per heavy atom. The summed E-state index contributed by atoms with van der Waals surface area (Å²) in [5, 5.41) is 9.27. The van der Waals surface area contributed by atoms with Gasteiger partial charge in [-0.2, -0.15) is 0 Å². The second-order valence-electron chi connectivity index (χ2n) is 10.8. The minimum Gasteiger partial charge on any atom is -0.496 e. The molecule has 1 N–H and O–H groups in total. The molecule has 0 amide bonds. The number of ether oxygens (including phenoxy) is 2. The molecule has 2 aliphatic rings. The second kappa shape index (κ2) is 12.0. The van der Waals surface area contributed by atoms with Gasteiger partial charge in [0, 0.05) is 62.3 Å². The molecule has 0 saturated carbocycles. The van der Waals surface area contributed by atoms with Crippen LogP contribution in [0.4, 0.5) is 15.8 Å². The lowest BCUT2D eigenvalue weighted by Crippen LogP contribution is -2.38. The lowest BCUT2D eigenvalue weighted by atomic mass is 10.0. The molecular formula is C32H37FN2O4. The number of methoxy groups -OCH3 is 1. The third kappa shape index (κ3) is 6.47. The van der Waals surface area contributed by atoms with Gasteiger partial charge in [-0.25, -0.2) is 4.39 Å². The molecule has 2 saturated heterocycles. The molecule has 6 nitrogen and oxygen atoms in total. The number of anilines is 2. The molecular weight excluding hydrogens is 495 g/mol. The van der Waals surface area contributed by atoms with Gasteiger partial charge >= 0.3 is 5.97 Å². The summed E-state index contributed by atoms with van der Waals surface area (Å²) in [6, 6.07) is 21.5. The molecule has 0 spiro atoms. The van der Waals surface area contributed by atoms with Crippen molar-refractivity contribution in [3.63, 3.8) is 0 Å². The Hall–Kier alpha value is -3.74. The van der Waals surface area contributed by atoms with E-state index in [0.29, 0.717) is 36.9 Å². The van der Waals surface area contributed by atoms with Gasteiger partial charge in [0.05, 0.1) is 19.2 Å². The van der Waals surface area contributed by atoms with Crippen molar-refractivity contribution < 1.29 is 23.8 Å². The zero-order valence-corrected chi connectivity index (χ0v) is 22.7. The van der Waals surface area contributed by atoms with Crippen molar-refractivity contribution in [2.45, 2.75) is 51.2 Å². The maximum absolute atomic E-state index is 15.2. The minimum absolute atomic E-state index is 0.0278. The molecule has 206 valence electrons. The van der Waals surface area contributed by atoms with Crippen LogP contribution in [0, 0.1) is 11.7 Å². The zero-order chi connectivity index (χ0) is 27.4. The van der Waals surface area contributed by atoms with Gasteiger partial charge in [-0.15, -0.1) is 0 Å². The van der Waals surface area contributed by atoms with Crippen LogP contribution in [0.2, 0.25) is 0 Å². The zero-order valence-electron chi connectivity index (χ0n) is 22.7. The number of piperidine rings is 1. The molecule has 2 fully saturated rings. The first kappa shape index (κ1) is 26.9. The summed E-state index contributed by atoms with van der Waals surface area (Å²) < 4.78 is 27.1. The maximum Gasteiger partial charge on any atom is 0.305 e. The van der Waals surface area contributed by atoms with Gasteiger partial charge < -0.3 is 24.4 Å². The van der Waals surface area contributed by atoms with Crippen LogP contribution in [0.15, 0.2) is 66.7 Å². The highest BCUT2D eigenvalue weighted by atomic mass is 19.1. The number of halogens is 1. The SMILES string of the molecule is COc1cc(N2CCC(Oc3ccc(N4C[C@H](C)C[C@@H]4CC(=O)O)cc3)CC2)c(F)cc1Cc1ccccc1. The molecule has 0 radical (unpaired) electrons. The Kier molecular flexibility index (Phi) is 8.24. The van der Waals surface area contributed by atoms with Crippen LogP contribution in [0.5, 0.6) is 11.5 Å². The van der Waals surface area contributed by atoms with E-state index in [1.165, 1.54) is 0 Å². The van der Waals surface area contributed by atoms with E-state index >= 15 is 4.39 Å². The number of aliphatic carboxylic acids is 1. The summed E-state index contributed by atoms with van der Waals surface area (Å²) in [4.78, 5) is 15.6. The third-order valence-corrected chi connectivity index (χ3v) is 7.87. The van der Waals surface area contributed by atoms with Crippen molar-refractivity contribution in [3.05, 3.63) is 83.7 Å². The van der Waals surface area contributed by atoms with Crippen molar-refractivity contribution in [1.82, 2.24) is 0 Å². The average Bonchev–Trinajstić information content (AvgIpc) is 3.29. The van der Waals surface area contributed by atoms with Crippen LogP contribution >= 0.6 is 0 Å². The molecule has 2 aliphatic heterocycles. The smallest absolute Gasteiger partial charge is 0.305 e. The monoisotopic (exact) mass is 532 g/mol. The first-order valence-electron chi connectivity index (χ1n) is 13.8. The number of carboxylic acid groups (broad SMARTS) is 1. The van der Waals surface area contributed by atoms with E-state index < -0.39 is 5.97 Å². The van der Waals surface area contributed by atoms with Crippen LogP contribution < -0.4 is 19.3 Å². The Morgan fingerprint density at radius 2 is 1.77 bits per heavy atom. The van der Waals surface area contributed by atoms with E-state index in [0.717, 1.165) is 48.4 Å². The van der Waals surface area contributed by atoms with Crippen molar-refractivity contribution in [3.8, 4) is 11.5 Å². The molecule has 0 aromatic heterocycles. The minimum atomic E-state index is -0.758. The van der Waals surface area contributed by atoms with Crippen LogP contribution in [0.25, 0.3) is 0 Å². The predicted octanol–water partition coefficient (Wildman–Crippen LogP) is 6.16. The topological polar surface area (TPSA) is 62.2 Å². The molecule has 0 unspecified atom stereocenters. The van der Waals surface area contributed by atoms with Gasteiger partial charge in [0.1, 0.15) is 23.4 Å². The van der Waals surface area contributed by atoms with E-state index in [-0.39, 0.29) is 24.4 Å². The van der Waals surface area contributed by atoms with Crippen LogP contribution in [-0.2, 0) is 11.2 Å². The Bertz CT molecular complexity index is 1260. The Labute approximate surface area is 230 Å². The Morgan fingerprint density at radius 3 is 2.44 bits per heavy atom. The molecule has 0 bridgehead atoms. The van der Waals surface area contributed by atoms with Gasteiger partial charge in [-0.05, 0) is 48.2 Å². The molecule has 39 heavy (non-hydrogen) atoms. The van der Waals surface area contributed by atoms with Crippen molar-refractivity contribution >= 4 is 17.3 Å². The first-order valence-corrected chi connectivity index (χ1v) is 13.8. The molecule has 0 aliphatic carbocycles. The van der Waals surface area contributed by atoms with E-state index in [2.05, 4.69) is 16.7 Å². The summed E-state index contributed by atoms with van der Waals surface area (Å²) >= 11 is 0. The number of hydrogen-bond donors (Lipinski definition) is 1. The van der Waals surface area contributed by atoms with E-state index in [9.17, 15) is 9.90 Å². The lowest BCUT2D eigenvalue weighted by Gasteiger charge is -2.34. The van der Waals surface area contributed by atoms with Crippen LogP contribution in [0.3, 0.4) is 0 Å². The van der Waals surface area contributed by atoms with E-state index in [4.69, 9.17) is 9.47 Å². The fourth-order valence-electron chi connectivity index (χ4n) is 5.96. The van der Waals surface area contributed by atoms with Crippen molar-refractivity contribution in [2.75, 3.05) is 36.5 Å². The van der Waals surface area contributed by atoms with Gasteiger partial charge in [-0.3, -0.25) is 4.79 Å². The van der Waals surface area contributed by atoms with Gasteiger partial charge in [0.15, 0.2) is 0 Å². The second-order valence-corrected chi connectivity index (χ2v) is 10.8. The number of hydrogen-bond acceptors (Lipinski definition) is 5. The van der Waals surface area contributed by atoms with Gasteiger partial charge in [0.2, 0.25) is 0 Å². The van der Waals surface area contributed by atoms with Crippen LogP contribution in [0.1, 0.15) is 43.7 Å². The first-order chi connectivity index (χ1) is 18.9. The summed E-state index contributed by atoms with van der Waals surface area (Å²) in [6.07, 6.45) is 3.31. The number of rotatable bonds is 9. The number of benzene rings is 3. The summed E-state index contributed by atoms with van der Waals surface area (Å²) in [6.45, 7) is 4.43. The largest absolute Gasteiger partial charge is 0.496 e. The van der Waals surface area contributed by atoms with Crippen molar-refractivity contribution in [1.29, 1.82) is 0 Å². The summed E-state index contributed by atoms with van der Waals surface area (Å²) in [5.74, 6) is 0.991. The molecule has 3 aromatic rings. The molecule has 2 atom stereocenters. The van der Waals surface area contributed by atoms with Crippen LogP contribution in [-0.4, -0.2) is 50.0 Å².